The first-order valence-corrected chi connectivity index (χ1v) is 17.0. The molecular formula is C41H30F6N4O6. The lowest BCUT2D eigenvalue weighted by molar-refractivity contribution is -0.384. The van der Waals surface area contributed by atoms with E-state index in [0.29, 0.717) is 0 Å². The van der Waals surface area contributed by atoms with Crippen molar-refractivity contribution in [2.24, 2.45) is 0 Å². The van der Waals surface area contributed by atoms with E-state index < -0.39 is 39.1 Å². The molecule has 2 heterocycles. The fourth-order valence-corrected chi connectivity index (χ4v) is 6.50. The van der Waals surface area contributed by atoms with Crippen LogP contribution in [0, 0.1) is 27.2 Å². The molecule has 5 aromatic carbocycles. The van der Waals surface area contributed by atoms with E-state index in [1.165, 1.54) is 63.9 Å². The van der Waals surface area contributed by atoms with E-state index in [1.54, 1.807) is 61.5 Å². The second-order valence-electron chi connectivity index (χ2n) is 13.1. The zero-order chi connectivity index (χ0) is 41.3. The molecule has 0 aliphatic heterocycles. The molecule has 0 amide bonds. The van der Waals surface area contributed by atoms with Crippen LogP contribution in [0.1, 0.15) is 38.2 Å². The van der Waals surface area contributed by atoms with E-state index >= 15 is 0 Å². The van der Waals surface area contributed by atoms with Gasteiger partial charge in [0.1, 0.15) is 0 Å². The summed E-state index contributed by atoms with van der Waals surface area (Å²) in [5.41, 5.74) is -2.26. The van der Waals surface area contributed by atoms with Crippen molar-refractivity contribution in [3.8, 4) is 0 Å². The number of nitro groups is 2. The maximum Gasteiger partial charge on any atom is 0.454 e. The minimum atomic E-state index is -5.03. The molecular weight excluding hydrogens is 758 g/mol. The molecule has 7 rings (SSSR count). The normalized spacial score (nSPS) is 12.8. The van der Waals surface area contributed by atoms with Crippen molar-refractivity contribution in [2.75, 3.05) is 0 Å². The summed E-state index contributed by atoms with van der Waals surface area (Å²) in [6, 6.07) is 30.4. The summed E-state index contributed by atoms with van der Waals surface area (Å²) in [5.74, 6) is -1.97. The maximum absolute atomic E-state index is 14.4. The van der Waals surface area contributed by atoms with Gasteiger partial charge in [-0.15, -0.1) is 0 Å². The monoisotopic (exact) mass is 788 g/mol. The number of hydrogen-bond acceptors (Lipinski definition) is 6. The lowest BCUT2D eigenvalue weighted by atomic mass is 9.85. The van der Waals surface area contributed by atoms with Gasteiger partial charge >= 0.3 is 12.4 Å². The van der Waals surface area contributed by atoms with E-state index in [2.05, 4.69) is 0 Å². The molecule has 0 bridgehead atoms. The smallest absolute Gasteiger partial charge is 0.372 e. The Morgan fingerprint density at radius 2 is 1.11 bits per heavy atom. The Morgan fingerprint density at radius 3 is 1.56 bits per heavy atom. The van der Waals surface area contributed by atoms with Crippen LogP contribution in [-0.2, 0) is 18.7 Å². The molecule has 1 unspecified atom stereocenters. The third kappa shape index (κ3) is 8.11. The summed E-state index contributed by atoms with van der Waals surface area (Å²) >= 11 is 0. The number of carbonyl (C=O) groups excluding carboxylic acids is 1. The van der Waals surface area contributed by atoms with Crippen molar-refractivity contribution < 1.29 is 46.1 Å². The minimum absolute atomic E-state index is 0.0313. The van der Waals surface area contributed by atoms with E-state index in [9.17, 15) is 56.5 Å². The van der Waals surface area contributed by atoms with Crippen molar-refractivity contribution >= 4 is 39.0 Å². The number of nitrogens with zero attached hydrogens (tertiary/aromatic N) is 4. The second-order valence-corrected chi connectivity index (χ2v) is 13.1. The molecule has 0 spiro atoms. The zero-order valence-electron chi connectivity index (χ0n) is 29.7. The van der Waals surface area contributed by atoms with Crippen LogP contribution in [-0.4, -0.2) is 42.2 Å². The maximum atomic E-state index is 14.4. The molecule has 7 aromatic rings. The molecule has 0 saturated heterocycles. The van der Waals surface area contributed by atoms with E-state index in [-0.39, 0.29) is 57.4 Å². The second kappa shape index (κ2) is 15.4. The Kier molecular flexibility index (Phi) is 10.8. The number of halogens is 6. The molecule has 2 aromatic heterocycles. The molecule has 0 aliphatic carbocycles. The van der Waals surface area contributed by atoms with Gasteiger partial charge in [-0.05, 0) is 35.7 Å². The third-order valence-corrected chi connectivity index (χ3v) is 9.32. The van der Waals surface area contributed by atoms with Crippen LogP contribution >= 0.6 is 0 Å². The highest BCUT2D eigenvalue weighted by Gasteiger charge is 2.57. The molecule has 0 aliphatic rings. The van der Waals surface area contributed by atoms with Crippen LogP contribution in [0.25, 0.3) is 21.8 Å². The highest BCUT2D eigenvalue weighted by atomic mass is 19.4. The summed E-state index contributed by atoms with van der Waals surface area (Å²) in [6.45, 7) is 2.10. The molecule has 0 fully saturated rings. The number of aliphatic hydroxyl groups is 1. The number of benzene rings is 5. The highest BCUT2D eigenvalue weighted by molar-refractivity contribution is 6.11. The number of aryl methyl sites for hydroxylation is 1. The van der Waals surface area contributed by atoms with Crippen LogP contribution in [0.5, 0.6) is 0 Å². The predicted octanol–water partition coefficient (Wildman–Crippen LogP) is 10.0. The number of hydrogen-bond donors (Lipinski definition) is 1. The molecule has 57 heavy (non-hydrogen) atoms. The SMILES string of the molecule is Cc1ccc(C(O)(c2cn(Cc3ccccc3)c3cc([N+](=O)[O-])ccc23)C(F)(F)F)cc1.O=C(c1cn(Cc2ccccc2)c2cc([N+](=O)[O-])ccc12)C(F)(F)F. The van der Waals surface area contributed by atoms with Crippen LogP contribution in [0.15, 0.2) is 134 Å². The number of carbonyl (C=O) groups is 1. The van der Waals surface area contributed by atoms with E-state index in [0.717, 1.165) is 35.0 Å². The number of rotatable bonds is 9. The number of fused-ring (bicyclic) bond motifs is 2. The fourth-order valence-electron chi connectivity index (χ4n) is 6.50. The van der Waals surface area contributed by atoms with Crippen molar-refractivity contribution in [3.63, 3.8) is 0 Å². The quantitative estimate of drug-likeness (QED) is 0.0670. The molecule has 0 radical (unpaired) electrons. The fraction of sp³-hybridized carbons (Fsp3) is 0.146. The predicted molar refractivity (Wildman–Crippen MR) is 199 cm³/mol. The van der Waals surface area contributed by atoms with Crippen molar-refractivity contribution in [3.05, 3.63) is 187 Å². The first kappa shape index (κ1) is 39.9. The Balaban J connectivity index is 0.000000199. The number of aromatic nitrogens is 2. The average molecular weight is 789 g/mol. The largest absolute Gasteiger partial charge is 0.454 e. The molecule has 1 N–H and O–H groups in total. The van der Waals surface area contributed by atoms with Gasteiger partial charge in [-0.25, -0.2) is 0 Å². The highest BCUT2D eigenvalue weighted by Crippen LogP contribution is 2.47. The lowest BCUT2D eigenvalue weighted by Gasteiger charge is -2.31. The average Bonchev–Trinajstić information content (AvgIpc) is 3.72. The molecule has 1 atom stereocenters. The van der Waals surface area contributed by atoms with E-state index in [1.807, 2.05) is 6.07 Å². The topological polar surface area (TPSA) is 133 Å². The first-order chi connectivity index (χ1) is 26.9. The Bertz CT molecular complexity index is 2600. The number of non-ortho nitro benzene ring substituents is 2. The van der Waals surface area contributed by atoms with Crippen LogP contribution in [0.4, 0.5) is 37.7 Å². The third-order valence-electron chi connectivity index (χ3n) is 9.32. The standard InChI is InChI=1S/C24H19F3N2O3.C17H11F3N2O3/c1-16-7-9-18(10-8-16)23(30,24(25,26)27)21-15-28(14-17-5-3-2-4-6-17)22-13-19(29(31)32)11-12-20(21)22;18-17(19,20)16(23)14-10-21(9-11-4-2-1-3-5-11)15-8-12(22(24)25)6-7-13(14)15/h2-13,15,30H,14H2,1H3;1-8,10H,9H2. The van der Waals surface area contributed by atoms with Crippen LogP contribution in [0.2, 0.25) is 0 Å². The van der Waals surface area contributed by atoms with Gasteiger partial charge in [0, 0.05) is 66.1 Å². The number of alkyl halides is 6. The van der Waals surface area contributed by atoms with Crippen molar-refractivity contribution in [1.29, 1.82) is 0 Å². The van der Waals surface area contributed by atoms with Crippen LogP contribution < -0.4 is 0 Å². The van der Waals surface area contributed by atoms with E-state index in [4.69, 9.17) is 0 Å². The molecule has 10 nitrogen and oxygen atoms in total. The number of ketones is 1. The summed E-state index contributed by atoms with van der Waals surface area (Å²) in [4.78, 5) is 32.7. The summed E-state index contributed by atoms with van der Waals surface area (Å²) in [5, 5.41) is 33.5. The molecule has 0 saturated carbocycles. The zero-order valence-corrected chi connectivity index (χ0v) is 29.7. The number of nitro benzene ring substituents is 2. The summed E-state index contributed by atoms with van der Waals surface area (Å²) < 4.78 is 84.6. The Hall–Kier alpha value is -6.81. The molecule has 292 valence electrons. The van der Waals surface area contributed by atoms with Gasteiger partial charge in [0.2, 0.25) is 5.60 Å². The Labute approximate surface area is 319 Å². The summed E-state index contributed by atoms with van der Waals surface area (Å²) in [7, 11) is 0. The molecule has 16 heteroatoms. The minimum Gasteiger partial charge on any atom is -0.372 e. The van der Waals surface area contributed by atoms with Crippen molar-refractivity contribution in [1.82, 2.24) is 9.13 Å². The van der Waals surface area contributed by atoms with Gasteiger partial charge in [-0.3, -0.25) is 25.0 Å². The van der Waals surface area contributed by atoms with Gasteiger partial charge in [0.15, 0.2) is 0 Å². The van der Waals surface area contributed by atoms with Gasteiger partial charge in [-0.1, -0.05) is 90.5 Å². The van der Waals surface area contributed by atoms with Crippen LogP contribution in [0.3, 0.4) is 0 Å². The summed E-state index contributed by atoms with van der Waals surface area (Å²) in [6.07, 6.45) is -7.73. The lowest BCUT2D eigenvalue weighted by Crippen LogP contribution is -2.43. The van der Waals surface area contributed by atoms with Gasteiger partial charge in [-0.2, -0.15) is 26.3 Å². The number of Topliss-reactive ketones (excluding diaryl/α,β-unsaturated/α-hetero) is 1. The van der Waals surface area contributed by atoms with Gasteiger partial charge in [0.05, 0.1) is 26.4 Å². The van der Waals surface area contributed by atoms with Gasteiger partial charge in [0.25, 0.3) is 17.2 Å². The first-order valence-electron chi connectivity index (χ1n) is 17.0. The van der Waals surface area contributed by atoms with Gasteiger partial charge < -0.3 is 14.2 Å². The Morgan fingerprint density at radius 1 is 0.649 bits per heavy atom. The van der Waals surface area contributed by atoms with Crippen molar-refractivity contribution in [2.45, 2.75) is 38.0 Å².